The molecule has 49 heavy (non-hydrogen) atoms. The lowest BCUT2D eigenvalue weighted by molar-refractivity contribution is 0.0686. The average Bonchev–Trinajstić information content (AvgIpc) is 3.80. The summed E-state index contributed by atoms with van der Waals surface area (Å²) < 4.78 is 4.79. The molecule has 0 aliphatic heterocycles. The fourth-order valence-electron chi connectivity index (χ4n) is 4.62. The van der Waals surface area contributed by atoms with Crippen LogP contribution in [0.3, 0.4) is 0 Å². The van der Waals surface area contributed by atoms with Gasteiger partial charge in [-0.1, -0.05) is 26.7 Å². The molecule has 0 amide bonds. The van der Waals surface area contributed by atoms with Crippen molar-refractivity contribution in [1.29, 1.82) is 0 Å². The van der Waals surface area contributed by atoms with Crippen molar-refractivity contribution in [3.63, 3.8) is 0 Å². The molecule has 5 rings (SSSR count). The van der Waals surface area contributed by atoms with Crippen LogP contribution in [0, 0.1) is 0 Å². The lowest BCUT2D eigenvalue weighted by Crippen LogP contribution is -2.13. The van der Waals surface area contributed by atoms with Gasteiger partial charge in [-0.05, 0) is 25.7 Å². The van der Waals surface area contributed by atoms with Crippen molar-refractivity contribution >= 4 is 46.6 Å². The van der Waals surface area contributed by atoms with Gasteiger partial charge in [-0.2, -0.15) is 44.7 Å². The van der Waals surface area contributed by atoms with E-state index in [1.807, 2.05) is 13.8 Å². The quantitative estimate of drug-likeness (QED) is 0.105. The first-order chi connectivity index (χ1) is 23.4. The fourth-order valence-corrected chi connectivity index (χ4v) is 4.62. The smallest absolute Gasteiger partial charge is 0.341 e. The van der Waals surface area contributed by atoms with E-state index < -0.39 is 17.9 Å². The molecule has 0 radical (unpaired) electrons. The first-order valence-electron chi connectivity index (χ1n) is 15.0. The molecule has 0 aliphatic rings. The number of aromatic nitrogens is 11. The average molecular weight is 676 g/mol. The summed E-state index contributed by atoms with van der Waals surface area (Å²) in [5, 5.41) is 63.2. The Kier molecular flexibility index (Phi) is 9.66. The summed E-state index contributed by atoms with van der Waals surface area (Å²) in [6, 6.07) is -0.705. The zero-order valence-electron chi connectivity index (χ0n) is 26.9. The van der Waals surface area contributed by atoms with Gasteiger partial charge in [-0.15, -0.1) is 20.5 Å². The Bertz CT molecular complexity index is 1940. The normalized spacial score (nSPS) is 11.8. The maximum absolute atomic E-state index is 11.6. The number of aryl methyl sites for hydroxylation is 4. The Morgan fingerprint density at radius 2 is 1.12 bits per heavy atom. The number of aromatic carboxylic acids is 2. The number of rotatable bonds is 14. The summed E-state index contributed by atoms with van der Waals surface area (Å²) in [6.45, 7) is 3.98. The fraction of sp³-hybridized carbons (Fsp3) is 0.370. The summed E-state index contributed by atoms with van der Waals surface area (Å²) in [4.78, 5) is 35.7. The lowest BCUT2D eigenvalue weighted by atomic mass is 10.2. The lowest BCUT2D eigenvalue weighted by Gasteiger charge is -2.06. The molecule has 0 atom stereocenters. The van der Waals surface area contributed by atoms with Crippen molar-refractivity contribution in [2.24, 2.45) is 34.6 Å². The van der Waals surface area contributed by atoms with Crippen LogP contribution in [0.1, 0.15) is 71.6 Å². The van der Waals surface area contributed by atoms with E-state index in [0.29, 0.717) is 37.1 Å². The second-order valence-electron chi connectivity index (χ2n) is 10.6. The number of carboxylic acid groups (broad SMARTS) is 2. The van der Waals surface area contributed by atoms with Crippen LogP contribution in [0.25, 0.3) is 11.9 Å². The van der Waals surface area contributed by atoms with Gasteiger partial charge in [-0.3, -0.25) is 0 Å². The Labute approximate surface area is 276 Å². The number of hydrogen-bond donors (Lipinski definition) is 5. The molecule has 256 valence electrons. The summed E-state index contributed by atoms with van der Waals surface area (Å²) in [5.74, 6) is -3.00. The van der Waals surface area contributed by atoms with Gasteiger partial charge in [0, 0.05) is 14.1 Å². The van der Waals surface area contributed by atoms with Crippen molar-refractivity contribution in [2.75, 3.05) is 11.5 Å². The van der Waals surface area contributed by atoms with Gasteiger partial charge < -0.3 is 26.8 Å². The van der Waals surface area contributed by atoms with E-state index >= 15 is 0 Å². The monoisotopic (exact) mass is 675 g/mol. The molecule has 0 aromatic carbocycles. The minimum Gasteiger partial charge on any atom is -0.479 e. The number of azo groups is 2. The van der Waals surface area contributed by atoms with E-state index in [1.54, 1.807) is 0 Å². The third kappa shape index (κ3) is 6.77. The van der Waals surface area contributed by atoms with Gasteiger partial charge in [0.2, 0.25) is 0 Å². The maximum atomic E-state index is 11.6. The predicted octanol–water partition coefficient (Wildman–Crippen LogP) is 3.49. The maximum Gasteiger partial charge on any atom is 0.341 e. The highest BCUT2D eigenvalue weighted by atomic mass is 16.4. The molecule has 0 fully saturated rings. The molecule has 0 bridgehead atoms. The first kappa shape index (κ1) is 33.7. The second-order valence-corrected chi connectivity index (χ2v) is 10.6. The highest BCUT2D eigenvalue weighted by Gasteiger charge is 2.24. The molecule has 0 saturated carbocycles. The molecule has 7 N–H and O–H groups in total. The largest absolute Gasteiger partial charge is 0.479 e. The van der Waals surface area contributed by atoms with Gasteiger partial charge in [0.15, 0.2) is 34.6 Å². The zero-order chi connectivity index (χ0) is 35.4. The van der Waals surface area contributed by atoms with Gasteiger partial charge in [-0.25, -0.2) is 19.0 Å². The van der Waals surface area contributed by atoms with E-state index in [4.69, 9.17) is 11.5 Å². The van der Waals surface area contributed by atoms with E-state index in [9.17, 15) is 24.9 Å². The molecule has 22 heteroatoms. The topological polar surface area (TPSA) is 306 Å². The highest BCUT2D eigenvalue weighted by Crippen LogP contribution is 2.34. The van der Waals surface area contributed by atoms with E-state index in [-0.39, 0.29) is 57.7 Å². The Morgan fingerprint density at radius 3 is 1.49 bits per heavy atom. The van der Waals surface area contributed by atoms with Crippen LogP contribution in [-0.2, 0) is 26.9 Å². The summed E-state index contributed by atoms with van der Waals surface area (Å²) in [5.41, 5.74) is 13.8. The minimum atomic E-state index is -1.23. The van der Waals surface area contributed by atoms with Crippen molar-refractivity contribution in [3.8, 4) is 17.9 Å². The molecule has 5 aromatic rings. The van der Waals surface area contributed by atoms with Gasteiger partial charge in [0.25, 0.3) is 11.9 Å². The Balaban J connectivity index is 1.59. The highest BCUT2D eigenvalue weighted by molar-refractivity contribution is 5.92. The number of nitrogens with zero attached hydrogens (tertiary/aromatic N) is 15. The number of hydrogen-bond acceptors (Lipinski definition) is 16. The summed E-state index contributed by atoms with van der Waals surface area (Å²) in [6.07, 6.45) is 6.26. The van der Waals surface area contributed by atoms with Crippen LogP contribution in [0.15, 0.2) is 32.9 Å². The molecule has 5 heterocycles. The third-order valence-electron chi connectivity index (χ3n) is 7.21. The van der Waals surface area contributed by atoms with Crippen LogP contribution < -0.4 is 11.5 Å². The van der Waals surface area contributed by atoms with Crippen molar-refractivity contribution in [1.82, 2.24) is 54.1 Å². The number of anilines is 2. The Hall–Kier alpha value is -6.61. The third-order valence-corrected chi connectivity index (χ3v) is 7.21. The molecule has 0 aliphatic carbocycles. The van der Waals surface area contributed by atoms with Crippen LogP contribution in [0.2, 0.25) is 0 Å². The number of carboxylic acids is 2. The molecule has 5 aromatic heterocycles. The zero-order valence-corrected chi connectivity index (χ0v) is 26.9. The minimum absolute atomic E-state index is 0.00949. The van der Waals surface area contributed by atoms with Crippen molar-refractivity contribution in [3.05, 3.63) is 34.9 Å². The van der Waals surface area contributed by atoms with Crippen LogP contribution in [-0.4, -0.2) is 81.3 Å². The van der Waals surface area contributed by atoms with Gasteiger partial charge >= 0.3 is 17.9 Å². The van der Waals surface area contributed by atoms with E-state index in [2.05, 4.69) is 55.8 Å². The summed E-state index contributed by atoms with van der Waals surface area (Å²) >= 11 is 0. The van der Waals surface area contributed by atoms with E-state index in [0.717, 1.165) is 34.6 Å². The molecular weight excluding hydrogens is 642 g/mol. The molecule has 0 spiro atoms. The number of carbonyl (C=O) groups is 2. The van der Waals surface area contributed by atoms with Crippen molar-refractivity contribution < 1.29 is 24.9 Å². The molecule has 22 nitrogen and oxygen atoms in total. The van der Waals surface area contributed by atoms with Crippen LogP contribution in [0.5, 0.6) is 6.01 Å². The predicted molar refractivity (Wildman–Crippen MR) is 170 cm³/mol. The second kappa shape index (κ2) is 14.0. The van der Waals surface area contributed by atoms with Crippen molar-refractivity contribution in [2.45, 2.75) is 52.4 Å². The van der Waals surface area contributed by atoms with E-state index in [1.165, 1.54) is 23.5 Å². The van der Waals surface area contributed by atoms with Gasteiger partial charge in [0.1, 0.15) is 11.1 Å². The number of nitrogen functional groups attached to an aromatic ring is 2. The summed E-state index contributed by atoms with van der Waals surface area (Å²) in [7, 11) is 3.04. The number of aromatic hydroxyl groups is 1. The Morgan fingerprint density at radius 1 is 0.714 bits per heavy atom. The number of nitrogens with two attached hydrogens (primary N) is 2. The van der Waals surface area contributed by atoms with Crippen LogP contribution >= 0.6 is 0 Å². The number of unbranched alkanes of at least 4 members (excludes halogenated alkanes) is 2. The standard InChI is InChI=1S/C27H33N17O5/c1-5-7-9-15-17(35-37-21-13(23(45)46)11-30-41(21)3)19(28)43(39-15)25-32-26(34-27(49)33-25)44-20(29)18(16(40-44)10-8-6-2)36-38-22-14(24(47)48)12-31-42(22)4/h11-12H,5-10,28-29H2,1-4H3,(H,45,46)(H,47,48)(H,32,33,34,49)/b37-35+,38-36+. The van der Waals surface area contributed by atoms with Crippen LogP contribution in [0.4, 0.5) is 34.6 Å². The molecular formula is C27H33N17O5. The SMILES string of the molecule is CCCCc1nn(-c2nc(O)nc(-n3nc(CCCC)c(/N=N/c4c(C(=O)O)cnn4C)c3N)n2)c(N)c1/N=N/c1c(C(=O)O)cnn1C. The molecule has 0 saturated heterocycles. The first-order valence-corrected chi connectivity index (χ1v) is 15.0. The van der Waals surface area contributed by atoms with Gasteiger partial charge in [0.05, 0.1) is 23.8 Å². The molecule has 0 unspecified atom stereocenters.